The molecule has 1 aliphatic rings. The number of nitrogens with zero attached hydrogens (tertiary/aromatic N) is 1. The molecule has 1 fully saturated rings. The Balaban J connectivity index is 0.00000240. The molecule has 0 amide bonds. The molecular formula is C21H24ClN3O4. The van der Waals surface area contributed by atoms with Crippen LogP contribution in [0.15, 0.2) is 29.1 Å². The van der Waals surface area contributed by atoms with Crippen LogP contribution in [0.1, 0.15) is 41.4 Å². The highest BCUT2D eigenvalue weighted by molar-refractivity contribution is 5.92. The SMILES string of the molecule is CCc1c(-c2ccc3c(c2)cc(CNC2CC2)n3C)[nH]c(=O)c(C(=O)O)c1O.Cl. The van der Waals surface area contributed by atoms with Crippen molar-refractivity contribution < 1.29 is 15.0 Å². The van der Waals surface area contributed by atoms with E-state index in [4.69, 9.17) is 0 Å². The Bertz CT molecular complexity index is 1150. The number of aromatic carboxylic acids is 1. The summed E-state index contributed by atoms with van der Waals surface area (Å²) < 4.78 is 2.14. The van der Waals surface area contributed by atoms with Gasteiger partial charge in [0.15, 0.2) is 5.56 Å². The van der Waals surface area contributed by atoms with Gasteiger partial charge in [0.05, 0.1) is 5.69 Å². The molecule has 29 heavy (non-hydrogen) atoms. The predicted molar refractivity (Wildman–Crippen MR) is 114 cm³/mol. The molecule has 2 aromatic heterocycles. The molecule has 0 radical (unpaired) electrons. The topological polar surface area (TPSA) is 107 Å². The van der Waals surface area contributed by atoms with Crippen LogP contribution in [0.3, 0.4) is 0 Å². The minimum atomic E-state index is -1.44. The zero-order valence-corrected chi connectivity index (χ0v) is 17.1. The number of hydrogen-bond acceptors (Lipinski definition) is 4. The van der Waals surface area contributed by atoms with Crippen molar-refractivity contribution in [2.45, 2.75) is 38.8 Å². The Morgan fingerprint density at radius 1 is 1.31 bits per heavy atom. The molecule has 0 saturated heterocycles. The second-order valence-electron chi connectivity index (χ2n) is 7.31. The molecule has 4 N–H and O–H groups in total. The summed E-state index contributed by atoms with van der Waals surface area (Å²) in [5.74, 6) is -1.90. The van der Waals surface area contributed by atoms with Gasteiger partial charge in [0.25, 0.3) is 5.56 Å². The molecule has 154 valence electrons. The van der Waals surface area contributed by atoms with E-state index in [2.05, 4.69) is 20.9 Å². The van der Waals surface area contributed by atoms with Gasteiger partial charge >= 0.3 is 5.97 Å². The van der Waals surface area contributed by atoms with E-state index in [-0.39, 0.29) is 12.4 Å². The first-order valence-corrected chi connectivity index (χ1v) is 9.44. The average molecular weight is 418 g/mol. The summed E-state index contributed by atoms with van der Waals surface area (Å²) in [6.45, 7) is 2.61. The number of benzene rings is 1. The van der Waals surface area contributed by atoms with Crippen LogP contribution in [0.4, 0.5) is 0 Å². The number of H-pyrrole nitrogens is 1. The summed E-state index contributed by atoms with van der Waals surface area (Å²) in [5.41, 5.74) is 2.44. The lowest BCUT2D eigenvalue weighted by Gasteiger charge is -2.12. The zero-order valence-electron chi connectivity index (χ0n) is 16.3. The second-order valence-corrected chi connectivity index (χ2v) is 7.31. The number of nitrogens with one attached hydrogen (secondary N) is 2. The summed E-state index contributed by atoms with van der Waals surface area (Å²) in [4.78, 5) is 26.2. The number of carboxylic acids is 1. The third kappa shape index (κ3) is 3.75. The van der Waals surface area contributed by atoms with E-state index in [0.717, 1.165) is 23.0 Å². The maximum absolute atomic E-state index is 12.2. The molecule has 8 heteroatoms. The molecule has 0 bridgehead atoms. The number of carbonyl (C=O) groups is 1. The van der Waals surface area contributed by atoms with E-state index >= 15 is 0 Å². The summed E-state index contributed by atoms with van der Waals surface area (Å²) in [6, 6.07) is 8.56. The summed E-state index contributed by atoms with van der Waals surface area (Å²) in [5, 5.41) is 24.1. The maximum Gasteiger partial charge on any atom is 0.345 e. The van der Waals surface area contributed by atoms with E-state index in [0.29, 0.717) is 23.7 Å². The van der Waals surface area contributed by atoms with Crippen molar-refractivity contribution in [1.29, 1.82) is 0 Å². The van der Waals surface area contributed by atoms with Crippen LogP contribution in [0.2, 0.25) is 0 Å². The van der Waals surface area contributed by atoms with E-state index in [1.165, 1.54) is 18.5 Å². The molecule has 1 aromatic carbocycles. The third-order valence-corrected chi connectivity index (χ3v) is 5.44. The smallest absolute Gasteiger partial charge is 0.345 e. The second kappa shape index (κ2) is 7.93. The molecule has 7 nitrogen and oxygen atoms in total. The van der Waals surface area contributed by atoms with Crippen molar-refractivity contribution in [3.63, 3.8) is 0 Å². The van der Waals surface area contributed by atoms with Gasteiger partial charge in [0.2, 0.25) is 0 Å². The van der Waals surface area contributed by atoms with Crippen LogP contribution in [-0.4, -0.2) is 31.8 Å². The average Bonchev–Trinajstić information content (AvgIpc) is 3.43. The Labute approximate surface area is 173 Å². The minimum Gasteiger partial charge on any atom is -0.506 e. The number of aromatic hydroxyl groups is 1. The van der Waals surface area contributed by atoms with Crippen LogP contribution < -0.4 is 10.9 Å². The van der Waals surface area contributed by atoms with Gasteiger partial charge < -0.3 is 25.1 Å². The number of rotatable bonds is 6. The van der Waals surface area contributed by atoms with Gasteiger partial charge in [-0.3, -0.25) is 4.79 Å². The number of pyridine rings is 1. The Morgan fingerprint density at radius 2 is 2.03 bits per heavy atom. The van der Waals surface area contributed by atoms with Crippen molar-refractivity contribution >= 4 is 29.3 Å². The van der Waals surface area contributed by atoms with Crippen LogP contribution in [0, 0.1) is 0 Å². The highest BCUT2D eigenvalue weighted by Crippen LogP contribution is 2.32. The molecule has 1 saturated carbocycles. The number of fused-ring (bicyclic) bond motifs is 1. The van der Waals surface area contributed by atoms with Gasteiger partial charge in [-0.1, -0.05) is 13.0 Å². The van der Waals surface area contributed by atoms with Crippen LogP contribution in [0.5, 0.6) is 5.75 Å². The van der Waals surface area contributed by atoms with E-state index in [1.807, 2.05) is 32.2 Å². The molecule has 0 spiro atoms. The first-order chi connectivity index (χ1) is 13.4. The fourth-order valence-electron chi connectivity index (χ4n) is 3.69. The largest absolute Gasteiger partial charge is 0.506 e. The summed E-state index contributed by atoms with van der Waals surface area (Å²) in [7, 11) is 2.03. The lowest BCUT2D eigenvalue weighted by atomic mass is 9.99. The molecule has 3 aromatic rings. The lowest BCUT2D eigenvalue weighted by Crippen LogP contribution is -2.20. The zero-order chi connectivity index (χ0) is 20.0. The Morgan fingerprint density at radius 3 is 2.66 bits per heavy atom. The molecule has 0 unspecified atom stereocenters. The van der Waals surface area contributed by atoms with E-state index < -0.39 is 22.8 Å². The quantitative estimate of drug-likeness (QED) is 0.492. The highest BCUT2D eigenvalue weighted by atomic mass is 35.5. The van der Waals surface area contributed by atoms with Gasteiger partial charge in [0, 0.05) is 41.8 Å². The van der Waals surface area contributed by atoms with Gasteiger partial charge in [-0.05, 0) is 43.0 Å². The van der Waals surface area contributed by atoms with Crippen molar-refractivity contribution in [3.8, 4) is 17.0 Å². The first kappa shape index (κ1) is 21.0. The van der Waals surface area contributed by atoms with Crippen molar-refractivity contribution in [3.05, 3.63) is 51.4 Å². The number of aromatic nitrogens is 2. The summed E-state index contributed by atoms with van der Waals surface area (Å²) in [6.07, 6.45) is 2.86. The predicted octanol–water partition coefficient (Wildman–Crippen LogP) is 3.17. The van der Waals surface area contributed by atoms with Crippen molar-refractivity contribution in [2.24, 2.45) is 7.05 Å². The maximum atomic E-state index is 12.2. The van der Waals surface area contributed by atoms with Crippen LogP contribution in [0.25, 0.3) is 22.2 Å². The minimum absolute atomic E-state index is 0. The number of hydrogen-bond donors (Lipinski definition) is 4. The standard InChI is InChI=1S/C21H23N3O4.ClH/c1-3-15-18(23-20(26)17(19(15)25)21(27)28)11-4-7-16-12(8-11)9-14(24(16)2)10-22-13-5-6-13;/h4,7-9,13,22H,3,5-6,10H2,1-2H3,(H,27,28)(H2,23,25,26);1H. The highest BCUT2D eigenvalue weighted by Gasteiger charge is 2.23. The molecule has 2 heterocycles. The Kier molecular flexibility index (Phi) is 5.73. The van der Waals surface area contributed by atoms with E-state index in [1.54, 1.807) is 0 Å². The van der Waals surface area contributed by atoms with E-state index in [9.17, 15) is 19.8 Å². The normalized spacial score (nSPS) is 13.4. The van der Waals surface area contributed by atoms with Crippen LogP contribution >= 0.6 is 12.4 Å². The number of aryl methyl sites for hydroxylation is 1. The fourth-order valence-corrected chi connectivity index (χ4v) is 3.69. The van der Waals surface area contributed by atoms with Crippen molar-refractivity contribution in [2.75, 3.05) is 0 Å². The Hall–Kier alpha value is -2.77. The van der Waals surface area contributed by atoms with Crippen LogP contribution in [-0.2, 0) is 20.0 Å². The molecule has 4 rings (SSSR count). The molecule has 1 aliphatic carbocycles. The molecule has 0 aliphatic heterocycles. The van der Waals surface area contributed by atoms with Gasteiger partial charge in [0.1, 0.15) is 5.75 Å². The number of carboxylic acid groups (broad SMARTS) is 1. The molecular weight excluding hydrogens is 394 g/mol. The lowest BCUT2D eigenvalue weighted by molar-refractivity contribution is 0.0691. The van der Waals surface area contributed by atoms with Crippen molar-refractivity contribution in [1.82, 2.24) is 14.9 Å². The third-order valence-electron chi connectivity index (χ3n) is 5.44. The molecule has 0 atom stereocenters. The number of aromatic amines is 1. The number of halogens is 1. The van der Waals surface area contributed by atoms with Gasteiger partial charge in [-0.25, -0.2) is 4.79 Å². The monoisotopic (exact) mass is 417 g/mol. The van der Waals surface area contributed by atoms with Gasteiger partial charge in [-0.2, -0.15) is 0 Å². The fraction of sp³-hybridized carbons (Fsp3) is 0.333. The first-order valence-electron chi connectivity index (χ1n) is 9.44. The van der Waals surface area contributed by atoms with Gasteiger partial charge in [-0.15, -0.1) is 12.4 Å². The summed E-state index contributed by atoms with van der Waals surface area (Å²) >= 11 is 0.